The van der Waals surface area contributed by atoms with E-state index in [0.29, 0.717) is 44.9 Å². The van der Waals surface area contributed by atoms with Gasteiger partial charge in [-0.25, -0.2) is 0 Å². The van der Waals surface area contributed by atoms with Crippen LogP contribution < -0.4 is 0 Å². The van der Waals surface area contributed by atoms with Crippen LogP contribution in [0.5, 0.6) is 0 Å². The summed E-state index contributed by atoms with van der Waals surface area (Å²) in [5.74, 6) is 0.216. The molecular weight excluding hydrogens is 316 g/mol. The molecule has 1 aromatic carbocycles. The van der Waals surface area contributed by atoms with E-state index in [1.807, 2.05) is 11.0 Å². The molecule has 1 amide bonds. The van der Waals surface area contributed by atoms with E-state index in [9.17, 15) is 9.90 Å². The number of carbonyl (C=O) groups is 1. The van der Waals surface area contributed by atoms with E-state index in [0.717, 1.165) is 25.7 Å². The van der Waals surface area contributed by atoms with Crippen molar-refractivity contribution in [2.75, 3.05) is 39.5 Å². The number of amides is 1. The van der Waals surface area contributed by atoms with Gasteiger partial charge in [-0.3, -0.25) is 9.69 Å². The number of benzene rings is 1. The smallest absolute Gasteiger partial charge is 0.236 e. The van der Waals surface area contributed by atoms with E-state index >= 15 is 0 Å². The van der Waals surface area contributed by atoms with Crippen molar-refractivity contribution < 1.29 is 14.6 Å². The molecule has 2 bridgehead atoms. The fourth-order valence-electron chi connectivity index (χ4n) is 5.15. The number of rotatable bonds is 5. The lowest BCUT2D eigenvalue weighted by atomic mass is 9.70. The number of aliphatic hydroxyl groups is 1. The van der Waals surface area contributed by atoms with Crippen LogP contribution in [-0.4, -0.2) is 72.4 Å². The molecular formula is C20H28N2O3. The first-order valence-electron chi connectivity index (χ1n) is 9.48. The van der Waals surface area contributed by atoms with Crippen LogP contribution in [0.25, 0.3) is 0 Å². The number of fused-ring (bicyclic) bond motifs is 2. The van der Waals surface area contributed by atoms with Crippen molar-refractivity contribution in [1.29, 1.82) is 0 Å². The molecule has 3 heterocycles. The van der Waals surface area contributed by atoms with Gasteiger partial charge in [0.15, 0.2) is 0 Å². The van der Waals surface area contributed by atoms with E-state index in [1.54, 1.807) is 0 Å². The highest BCUT2D eigenvalue weighted by atomic mass is 16.5. The lowest BCUT2D eigenvalue weighted by molar-refractivity contribution is -0.137. The molecule has 3 saturated heterocycles. The van der Waals surface area contributed by atoms with E-state index < -0.39 is 0 Å². The second kappa shape index (κ2) is 7.06. The fraction of sp³-hybridized carbons (Fsp3) is 0.650. The summed E-state index contributed by atoms with van der Waals surface area (Å²) in [5, 5.41) is 10.3. The third kappa shape index (κ3) is 3.21. The van der Waals surface area contributed by atoms with Gasteiger partial charge in [-0.05, 0) is 31.2 Å². The summed E-state index contributed by atoms with van der Waals surface area (Å²) in [6.45, 7) is 3.39. The van der Waals surface area contributed by atoms with Crippen LogP contribution >= 0.6 is 0 Å². The molecule has 0 radical (unpaired) electrons. The van der Waals surface area contributed by atoms with Gasteiger partial charge in [0.2, 0.25) is 5.91 Å². The molecule has 1 aromatic rings. The zero-order valence-corrected chi connectivity index (χ0v) is 14.8. The minimum Gasteiger partial charge on any atom is -0.396 e. The summed E-state index contributed by atoms with van der Waals surface area (Å²) in [6.07, 6.45) is 4.14. The topological polar surface area (TPSA) is 53.0 Å². The molecule has 0 unspecified atom stereocenters. The van der Waals surface area contributed by atoms with Crippen LogP contribution in [0, 0.1) is 5.41 Å². The SMILES string of the molecule is O=C(CN1[C@@H]2CC[C@H]1[C@](CO)(Cc1ccccc1)C2)N1CCOCC1. The normalized spacial score (nSPS) is 32.3. The average molecular weight is 344 g/mol. The van der Waals surface area contributed by atoms with Crippen LogP contribution in [-0.2, 0) is 16.0 Å². The molecule has 5 heteroatoms. The molecule has 0 saturated carbocycles. The Hall–Kier alpha value is -1.43. The van der Waals surface area contributed by atoms with Crippen molar-refractivity contribution >= 4 is 5.91 Å². The first-order valence-corrected chi connectivity index (χ1v) is 9.48. The van der Waals surface area contributed by atoms with Crippen LogP contribution in [0.1, 0.15) is 24.8 Å². The second-order valence-electron chi connectivity index (χ2n) is 7.80. The van der Waals surface area contributed by atoms with Gasteiger partial charge in [0, 0.05) is 30.6 Å². The number of carbonyl (C=O) groups excluding carboxylic acids is 1. The highest BCUT2D eigenvalue weighted by molar-refractivity contribution is 5.78. The monoisotopic (exact) mass is 344 g/mol. The summed E-state index contributed by atoms with van der Waals surface area (Å²) in [6, 6.07) is 11.2. The van der Waals surface area contributed by atoms with Crippen molar-refractivity contribution in [3.63, 3.8) is 0 Å². The standard InChI is InChI=1S/C20H28N2O3/c23-15-20(12-16-4-2-1-3-5-16)13-17-6-7-18(20)22(17)14-19(24)21-8-10-25-11-9-21/h1-5,17-18,23H,6-15H2/t17-,18+,20-/m1/s1. The largest absolute Gasteiger partial charge is 0.396 e. The first-order chi connectivity index (χ1) is 12.2. The highest BCUT2D eigenvalue weighted by Gasteiger charge is 2.55. The summed E-state index contributed by atoms with van der Waals surface area (Å²) < 4.78 is 5.35. The van der Waals surface area contributed by atoms with Crippen LogP contribution in [0.2, 0.25) is 0 Å². The molecule has 3 aliphatic heterocycles. The lowest BCUT2D eigenvalue weighted by Crippen LogP contribution is -2.48. The van der Waals surface area contributed by atoms with Crippen molar-refractivity contribution in [2.45, 2.75) is 37.8 Å². The first kappa shape index (κ1) is 17.0. The van der Waals surface area contributed by atoms with Crippen LogP contribution in [0.15, 0.2) is 30.3 Å². The fourth-order valence-corrected chi connectivity index (χ4v) is 5.15. The molecule has 0 aliphatic carbocycles. The predicted molar refractivity (Wildman–Crippen MR) is 95.2 cm³/mol. The number of nitrogens with zero attached hydrogens (tertiary/aromatic N) is 2. The van der Waals surface area contributed by atoms with Gasteiger partial charge in [-0.1, -0.05) is 30.3 Å². The summed E-state index contributed by atoms with van der Waals surface area (Å²) in [7, 11) is 0. The molecule has 3 aliphatic rings. The van der Waals surface area contributed by atoms with Crippen molar-refractivity contribution in [3.05, 3.63) is 35.9 Å². The molecule has 136 valence electrons. The zero-order chi connectivity index (χ0) is 17.3. The Morgan fingerprint density at radius 2 is 1.96 bits per heavy atom. The molecule has 0 spiro atoms. The number of hydrogen-bond acceptors (Lipinski definition) is 4. The van der Waals surface area contributed by atoms with Gasteiger partial charge in [0.1, 0.15) is 0 Å². The summed E-state index contributed by atoms with van der Waals surface area (Å²) in [4.78, 5) is 17.0. The van der Waals surface area contributed by atoms with Crippen LogP contribution in [0.3, 0.4) is 0 Å². The minimum absolute atomic E-state index is 0.102. The van der Waals surface area contributed by atoms with Gasteiger partial charge >= 0.3 is 0 Å². The molecule has 5 nitrogen and oxygen atoms in total. The summed E-state index contributed by atoms with van der Waals surface area (Å²) in [5.41, 5.74) is 1.18. The van der Waals surface area contributed by atoms with Gasteiger partial charge in [0.25, 0.3) is 0 Å². The highest BCUT2D eigenvalue weighted by Crippen LogP contribution is 2.51. The zero-order valence-electron chi connectivity index (χ0n) is 14.8. The number of aliphatic hydroxyl groups excluding tert-OH is 1. The Kier molecular flexibility index (Phi) is 4.80. The van der Waals surface area contributed by atoms with E-state index in [2.05, 4.69) is 29.2 Å². The minimum atomic E-state index is -0.102. The van der Waals surface area contributed by atoms with Crippen molar-refractivity contribution in [1.82, 2.24) is 9.80 Å². The maximum atomic E-state index is 12.7. The lowest BCUT2D eigenvalue weighted by Gasteiger charge is -2.37. The third-order valence-electron chi connectivity index (χ3n) is 6.39. The average Bonchev–Trinajstić information content (AvgIpc) is 3.18. The van der Waals surface area contributed by atoms with E-state index in [1.165, 1.54) is 5.56 Å². The Morgan fingerprint density at radius 1 is 1.20 bits per heavy atom. The molecule has 3 atom stereocenters. The molecule has 1 N–H and O–H groups in total. The Balaban J connectivity index is 1.47. The van der Waals surface area contributed by atoms with E-state index in [-0.39, 0.29) is 17.9 Å². The Morgan fingerprint density at radius 3 is 2.68 bits per heavy atom. The third-order valence-corrected chi connectivity index (χ3v) is 6.39. The van der Waals surface area contributed by atoms with Crippen LogP contribution in [0.4, 0.5) is 0 Å². The predicted octanol–water partition coefficient (Wildman–Crippen LogP) is 1.30. The van der Waals surface area contributed by atoms with Gasteiger partial charge < -0.3 is 14.7 Å². The maximum Gasteiger partial charge on any atom is 0.236 e. The quantitative estimate of drug-likeness (QED) is 0.875. The number of ether oxygens (including phenoxy) is 1. The van der Waals surface area contributed by atoms with Crippen molar-refractivity contribution in [2.24, 2.45) is 5.41 Å². The Bertz CT molecular complexity index is 602. The molecule has 0 aromatic heterocycles. The Labute approximate surface area is 149 Å². The second-order valence-corrected chi connectivity index (χ2v) is 7.80. The van der Waals surface area contributed by atoms with Gasteiger partial charge in [-0.15, -0.1) is 0 Å². The molecule has 25 heavy (non-hydrogen) atoms. The number of hydrogen-bond donors (Lipinski definition) is 1. The maximum absolute atomic E-state index is 12.7. The van der Waals surface area contributed by atoms with E-state index in [4.69, 9.17) is 4.74 Å². The molecule has 3 fully saturated rings. The summed E-state index contributed by atoms with van der Waals surface area (Å²) >= 11 is 0. The van der Waals surface area contributed by atoms with Gasteiger partial charge in [-0.2, -0.15) is 0 Å². The van der Waals surface area contributed by atoms with Gasteiger partial charge in [0.05, 0.1) is 26.4 Å². The van der Waals surface area contributed by atoms with Crippen molar-refractivity contribution in [3.8, 4) is 0 Å². The number of morpholine rings is 1. The molecule has 4 rings (SSSR count).